The fourth-order valence-corrected chi connectivity index (χ4v) is 4.53. The molecule has 200 valence electrons. The normalized spacial score (nSPS) is 18.2. The van der Waals surface area contributed by atoms with Gasteiger partial charge < -0.3 is 19.7 Å². The summed E-state index contributed by atoms with van der Waals surface area (Å²) in [5.74, 6) is -0.0768. The highest BCUT2D eigenvalue weighted by Crippen LogP contribution is 2.32. The molecule has 0 spiro atoms. The first-order valence-electron chi connectivity index (χ1n) is 11.9. The third kappa shape index (κ3) is 6.79. The lowest BCUT2D eigenvalue weighted by molar-refractivity contribution is -0.0702. The average Bonchev–Trinajstić information content (AvgIpc) is 3.35. The highest BCUT2D eigenvalue weighted by Gasteiger charge is 2.34. The maximum Gasteiger partial charge on any atom is 0.387 e. The number of aliphatic hydroxyl groups excluding tert-OH is 1. The van der Waals surface area contributed by atoms with Gasteiger partial charge in [0.15, 0.2) is 0 Å². The number of likely N-dealkylation sites (tertiary alicyclic amines) is 1. The summed E-state index contributed by atoms with van der Waals surface area (Å²) in [6.07, 6.45) is 3.26. The Labute approximate surface area is 211 Å². The Morgan fingerprint density at radius 1 is 1.05 bits per heavy atom. The predicted octanol–water partition coefficient (Wildman–Crippen LogP) is 4.70. The largest absolute Gasteiger partial charge is 0.435 e. The Morgan fingerprint density at radius 3 is 2.46 bits per heavy atom. The first-order valence-corrected chi connectivity index (χ1v) is 11.9. The Hall–Kier alpha value is -3.15. The first-order chi connectivity index (χ1) is 17.6. The summed E-state index contributed by atoms with van der Waals surface area (Å²) in [5, 5.41) is 24.4. The van der Waals surface area contributed by atoms with Crippen LogP contribution in [0.3, 0.4) is 0 Å². The summed E-state index contributed by atoms with van der Waals surface area (Å²) in [6.45, 7) is -3.06. The van der Waals surface area contributed by atoms with E-state index < -0.39 is 18.8 Å². The lowest BCUT2D eigenvalue weighted by atomic mass is 9.83. The molecule has 2 aromatic carbocycles. The molecule has 0 unspecified atom stereocenters. The zero-order valence-electron chi connectivity index (χ0n) is 20.2. The van der Waals surface area contributed by atoms with Gasteiger partial charge >= 0.3 is 13.2 Å². The summed E-state index contributed by atoms with van der Waals surface area (Å²) in [4.78, 5) is 2.06. The third-order valence-corrected chi connectivity index (χ3v) is 6.59. The quantitative estimate of drug-likeness (QED) is 0.375. The molecule has 0 amide bonds. The van der Waals surface area contributed by atoms with Crippen LogP contribution in [0.2, 0.25) is 0 Å². The van der Waals surface area contributed by atoms with Gasteiger partial charge in [-0.05, 0) is 62.7 Å². The van der Waals surface area contributed by atoms with E-state index in [0.717, 1.165) is 19.4 Å². The summed E-state index contributed by atoms with van der Waals surface area (Å²) < 4.78 is 61.9. The molecule has 2 N–H and O–H groups in total. The van der Waals surface area contributed by atoms with Crippen LogP contribution >= 0.6 is 0 Å². The molecule has 11 heteroatoms. The number of rotatable bonds is 10. The van der Waals surface area contributed by atoms with Crippen molar-refractivity contribution >= 4 is 0 Å². The van der Waals surface area contributed by atoms with Crippen LogP contribution in [-0.4, -0.2) is 63.4 Å². The molecule has 37 heavy (non-hydrogen) atoms. The van der Waals surface area contributed by atoms with Crippen LogP contribution in [-0.2, 0) is 6.54 Å². The summed E-state index contributed by atoms with van der Waals surface area (Å²) in [7, 11) is 0. The Bertz CT molecular complexity index is 1170. The van der Waals surface area contributed by atoms with Gasteiger partial charge in [0, 0.05) is 36.3 Å². The molecule has 0 bridgehead atoms. The number of halogens is 4. The van der Waals surface area contributed by atoms with Gasteiger partial charge in [0.1, 0.15) is 11.5 Å². The van der Waals surface area contributed by atoms with Crippen molar-refractivity contribution in [2.45, 2.75) is 45.1 Å². The smallest absolute Gasteiger partial charge is 0.387 e. The van der Waals surface area contributed by atoms with Crippen molar-refractivity contribution in [1.29, 1.82) is 0 Å². The minimum atomic E-state index is -3.01. The second kappa shape index (κ2) is 11.5. The van der Waals surface area contributed by atoms with E-state index in [9.17, 15) is 27.8 Å². The first kappa shape index (κ1) is 26.9. The van der Waals surface area contributed by atoms with Gasteiger partial charge in [0.05, 0.1) is 23.6 Å². The zero-order valence-corrected chi connectivity index (χ0v) is 20.2. The number of piperidine rings is 1. The highest BCUT2D eigenvalue weighted by molar-refractivity contribution is 5.62. The van der Waals surface area contributed by atoms with Gasteiger partial charge in [-0.2, -0.15) is 22.7 Å². The number of alkyl halides is 4. The molecule has 7 nitrogen and oxygen atoms in total. The molecule has 1 fully saturated rings. The van der Waals surface area contributed by atoms with E-state index in [1.165, 1.54) is 22.9 Å². The van der Waals surface area contributed by atoms with Crippen LogP contribution in [0, 0.1) is 5.92 Å². The van der Waals surface area contributed by atoms with Crippen LogP contribution in [0.15, 0.2) is 54.7 Å². The van der Waals surface area contributed by atoms with Crippen LogP contribution in [0.5, 0.6) is 11.5 Å². The summed E-state index contributed by atoms with van der Waals surface area (Å²) in [6, 6.07) is 12.7. The lowest BCUT2D eigenvalue weighted by Crippen LogP contribution is -2.47. The van der Waals surface area contributed by atoms with E-state index >= 15 is 0 Å². The van der Waals surface area contributed by atoms with Crippen molar-refractivity contribution in [2.24, 2.45) is 5.92 Å². The molecule has 1 aliphatic rings. The van der Waals surface area contributed by atoms with E-state index in [1.807, 2.05) is 0 Å². The minimum Gasteiger partial charge on any atom is -0.435 e. The van der Waals surface area contributed by atoms with Crippen molar-refractivity contribution in [3.63, 3.8) is 0 Å². The molecule has 4 rings (SSSR count). The van der Waals surface area contributed by atoms with Crippen LogP contribution in [0.1, 0.15) is 25.3 Å². The monoisotopic (exact) mass is 523 g/mol. The van der Waals surface area contributed by atoms with Crippen molar-refractivity contribution in [3.8, 4) is 28.4 Å². The van der Waals surface area contributed by atoms with Crippen molar-refractivity contribution in [1.82, 2.24) is 14.7 Å². The Kier molecular flexibility index (Phi) is 8.35. The molecule has 2 atom stereocenters. The summed E-state index contributed by atoms with van der Waals surface area (Å²) >= 11 is 0. The van der Waals surface area contributed by atoms with Gasteiger partial charge in [-0.1, -0.05) is 12.1 Å². The minimum absolute atomic E-state index is 0.0236. The topological polar surface area (TPSA) is 80.0 Å². The van der Waals surface area contributed by atoms with Gasteiger partial charge in [0.2, 0.25) is 0 Å². The Balaban J connectivity index is 1.52. The fourth-order valence-electron chi connectivity index (χ4n) is 4.53. The molecular formula is C26H29F4N3O4. The standard InChI is InChI=1S/C26H29F4N3O4/c1-26(35,16-34)19-3-2-11-32(15-19)14-18-5-4-17(13-23(18)37-25(29)30)22-10-12-33(31-22)20-6-8-21(9-7-20)36-24(27)28/h4-10,12-13,19,24-25,34-35H,2-3,11,14-16H2,1H3/t19-,26+/m0/s1. The maximum atomic E-state index is 13.2. The molecule has 3 aromatic rings. The molecule has 2 heterocycles. The molecule has 0 aliphatic carbocycles. The third-order valence-electron chi connectivity index (χ3n) is 6.59. The van der Waals surface area contributed by atoms with Crippen molar-refractivity contribution in [2.75, 3.05) is 19.7 Å². The SMILES string of the molecule is C[C@@](O)(CO)[C@H]1CCCN(Cc2ccc(-c3ccn(-c4ccc(OC(F)F)cc4)n3)cc2OC(F)F)C1. The molecule has 0 radical (unpaired) electrons. The van der Waals surface area contributed by atoms with Gasteiger partial charge in [-0.15, -0.1) is 0 Å². The molecule has 1 aliphatic heterocycles. The molecule has 1 saturated heterocycles. The number of nitrogens with zero attached hydrogens (tertiary/aromatic N) is 3. The molecule has 0 saturated carbocycles. The van der Waals surface area contributed by atoms with Crippen LogP contribution in [0.4, 0.5) is 17.6 Å². The second-order valence-electron chi connectivity index (χ2n) is 9.31. The highest BCUT2D eigenvalue weighted by atomic mass is 19.3. The number of aromatic nitrogens is 2. The van der Waals surface area contributed by atoms with E-state index in [4.69, 9.17) is 4.74 Å². The van der Waals surface area contributed by atoms with E-state index in [2.05, 4.69) is 14.7 Å². The zero-order chi connectivity index (χ0) is 26.6. The summed E-state index contributed by atoms with van der Waals surface area (Å²) in [5.41, 5.74) is 1.04. The molecule has 1 aromatic heterocycles. The number of ether oxygens (including phenoxy) is 2. The van der Waals surface area contributed by atoms with E-state index in [1.54, 1.807) is 43.5 Å². The van der Waals surface area contributed by atoms with Gasteiger partial charge in [0.25, 0.3) is 0 Å². The maximum absolute atomic E-state index is 13.2. The van der Waals surface area contributed by atoms with Gasteiger partial charge in [-0.3, -0.25) is 4.90 Å². The fraction of sp³-hybridized carbons (Fsp3) is 0.423. The van der Waals surface area contributed by atoms with Crippen LogP contribution < -0.4 is 9.47 Å². The van der Waals surface area contributed by atoms with Crippen molar-refractivity contribution in [3.05, 3.63) is 60.3 Å². The number of hydrogen-bond donors (Lipinski definition) is 2. The Morgan fingerprint density at radius 2 is 1.78 bits per heavy atom. The number of hydrogen-bond acceptors (Lipinski definition) is 6. The lowest BCUT2D eigenvalue weighted by Gasteiger charge is -2.39. The van der Waals surface area contributed by atoms with Crippen molar-refractivity contribution < 1.29 is 37.2 Å². The average molecular weight is 524 g/mol. The molecular weight excluding hydrogens is 494 g/mol. The second-order valence-corrected chi connectivity index (χ2v) is 9.31. The number of aliphatic hydroxyl groups is 2. The van der Waals surface area contributed by atoms with Crippen LogP contribution in [0.25, 0.3) is 16.9 Å². The van der Waals surface area contributed by atoms with E-state index in [-0.39, 0.29) is 24.0 Å². The van der Waals surface area contributed by atoms with E-state index in [0.29, 0.717) is 35.6 Å². The number of benzene rings is 2. The predicted molar refractivity (Wildman–Crippen MR) is 128 cm³/mol. The van der Waals surface area contributed by atoms with Gasteiger partial charge in [-0.25, -0.2) is 4.68 Å².